The number of amides is 2. The molecule has 0 unspecified atom stereocenters. The summed E-state index contributed by atoms with van der Waals surface area (Å²) < 4.78 is 10.5. The molecule has 0 atom stereocenters. The van der Waals surface area contributed by atoms with Crippen LogP contribution >= 0.6 is 0 Å². The van der Waals surface area contributed by atoms with Gasteiger partial charge < -0.3 is 19.7 Å². The predicted octanol–water partition coefficient (Wildman–Crippen LogP) is 4.99. The number of nitrogens with one attached hydrogen (secondary N) is 2. The smallest absolute Gasteiger partial charge is 0.414 e. The molecule has 4 aromatic rings. The van der Waals surface area contributed by atoms with Crippen LogP contribution in [0.2, 0.25) is 0 Å². The number of para-hydroxylation sites is 1. The number of aromatic carboxylic acids is 1. The van der Waals surface area contributed by atoms with Gasteiger partial charge in [-0.1, -0.05) is 65.8 Å². The van der Waals surface area contributed by atoms with E-state index in [2.05, 4.69) is 15.8 Å². The molecule has 0 saturated heterocycles. The van der Waals surface area contributed by atoms with E-state index in [4.69, 9.17) is 9.26 Å². The number of benzene rings is 3. The van der Waals surface area contributed by atoms with Gasteiger partial charge in [0.15, 0.2) is 5.69 Å². The van der Waals surface area contributed by atoms with Gasteiger partial charge in [0.1, 0.15) is 6.61 Å². The van der Waals surface area contributed by atoms with E-state index in [-0.39, 0.29) is 35.4 Å². The minimum atomic E-state index is -1.18. The quantitative estimate of drug-likeness (QED) is 0.363. The SMILES string of the molecule is O=C(Nc1cc(C(=O)Nc2ccccc2C(=O)O)no1)OCC1c2ccccc2-c2ccccc21. The third-order valence-corrected chi connectivity index (χ3v) is 5.72. The topological polar surface area (TPSA) is 131 Å². The molecule has 9 heteroatoms. The Balaban J connectivity index is 1.22. The molecule has 35 heavy (non-hydrogen) atoms. The third-order valence-electron chi connectivity index (χ3n) is 5.72. The first-order valence-corrected chi connectivity index (χ1v) is 10.7. The van der Waals surface area contributed by atoms with Gasteiger partial charge in [0.05, 0.1) is 11.3 Å². The van der Waals surface area contributed by atoms with Crippen LogP contribution in [0.15, 0.2) is 83.4 Å². The lowest BCUT2D eigenvalue weighted by Crippen LogP contribution is -2.17. The summed E-state index contributed by atoms with van der Waals surface area (Å²) in [6.45, 7) is 0.118. The van der Waals surface area contributed by atoms with Gasteiger partial charge in [-0.05, 0) is 34.4 Å². The first-order valence-electron chi connectivity index (χ1n) is 10.7. The fourth-order valence-corrected chi connectivity index (χ4v) is 4.14. The van der Waals surface area contributed by atoms with Gasteiger partial charge in [0.2, 0.25) is 5.88 Å². The van der Waals surface area contributed by atoms with E-state index >= 15 is 0 Å². The molecule has 1 aliphatic rings. The number of carbonyl (C=O) groups is 3. The monoisotopic (exact) mass is 469 g/mol. The van der Waals surface area contributed by atoms with Crippen molar-refractivity contribution in [2.24, 2.45) is 0 Å². The molecule has 9 nitrogen and oxygen atoms in total. The molecule has 0 fully saturated rings. The fourth-order valence-electron chi connectivity index (χ4n) is 4.14. The van der Waals surface area contributed by atoms with Gasteiger partial charge in [-0.15, -0.1) is 0 Å². The number of carboxylic acid groups (broad SMARTS) is 1. The predicted molar refractivity (Wildman–Crippen MR) is 127 cm³/mol. The van der Waals surface area contributed by atoms with Gasteiger partial charge >= 0.3 is 12.1 Å². The van der Waals surface area contributed by atoms with Crippen molar-refractivity contribution in [3.63, 3.8) is 0 Å². The molecule has 174 valence electrons. The summed E-state index contributed by atoms with van der Waals surface area (Å²) in [6.07, 6.45) is -0.758. The summed E-state index contributed by atoms with van der Waals surface area (Å²) in [5.74, 6) is -2.06. The molecule has 1 aromatic heterocycles. The van der Waals surface area contributed by atoms with Crippen LogP contribution in [-0.2, 0) is 4.74 Å². The van der Waals surface area contributed by atoms with Gasteiger partial charge in [-0.25, -0.2) is 9.59 Å². The number of carbonyl (C=O) groups excluding carboxylic acids is 2. The van der Waals surface area contributed by atoms with E-state index in [1.54, 1.807) is 12.1 Å². The highest BCUT2D eigenvalue weighted by molar-refractivity contribution is 6.07. The van der Waals surface area contributed by atoms with Crippen molar-refractivity contribution >= 4 is 29.5 Å². The Bertz CT molecular complexity index is 1400. The van der Waals surface area contributed by atoms with Gasteiger partial charge in [0, 0.05) is 12.0 Å². The van der Waals surface area contributed by atoms with Crippen LogP contribution < -0.4 is 10.6 Å². The van der Waals surface area contributed by atoms with Gasteiger partial charge in [-0.2, -0.15) is 0 Å². The van der Waals surface area contributed by atoms with Crippen LogP contribution in [0.3, 0.4) is 0 Å². The molecule has 0 spiro atoms. The Labute approximate surface area is 199 Å². The highest BCUT2D eigenvalue weighted by atomic mass is 16.6. The van der Waals surface area contributed by atoms with Crippen molar-refractivity contribution in [1.82, 2.24) is 5.16 Å². The van der Waals surface area contributed by atoms with Crippen molar-refractivity contribution in [2.75, 3.05) is 17.2 Å². The average Bonchev–Trinajstić information content (AvgIpc) is 3.46. The second-order valence-electron chi connectivity index (χ2n) is 7.83. The highest BCUT2D eigenvalue weighted by Gasteiger charge is 2.29. The number of aromatic nitrogens is 1. The number of fused-ring (bicyclic) bond motifs is 3. The van der Waals surface area contributed by atoms with E-state index in [0.717, 1.165) is 22.3 Å². The normalized spacial score (nSPS) is 11.9. The zero-order valence-electron chi connectivity index (χ0n) is 18.2. The summed E-state index contributed by atoms with van der Waals surface area (Å²) in [4.78, 5) is 36.2. The Kier molecular flexibility index (Phi) is 5.72. The molecule has 3 aromatic carbocycles. The molecular formula is C26H19N3O6. The number of anilines is 2. The second-order valence-corrected chi connectivity index (χ2v) is 7.83. The lowest BCUT2D eigenvalue weighted by Gasteiger charge is -2.13. The Morgan fingerprint density at radius 3 is 2.20 bits per heavy atom. The van der Waals surface area contributed by atoms with Crippen molar-refractivity contribution in [3.8, 4) is 11.1 Å². The van der Waals surface area contributed by atoms with Crippen LogP contribution in [0, 0.1) is 0 Å². The Morgan fingerprint density at radius 1 is 0.886 bits per heavy atom. The average molecular weight is 469 g/mol. The number of carboxylic acids is 1. The first kappa shape index (κ1) is 21.9. The Morgan fingerprint density at radius 2 is 1.51 bits per heavy atom. The Hall–Kier alpha value is -4.92. The summed E-state index contributed by atoms with van der Waals surface area (Å²) in [6, 6.07) is 23.2. The van der Waals surface area contributed by atoms with Gasteiger partial charge in [0.25, 0.3) is 5.91 Å². The minimum absolute atomic E-state index is 0.0682. The molecule has 0 radical (unpaired) electrons. The summed E-state index contributed by atoms with van der Waals surface area (Å²) in [7, 11) is 0. The standard InChI is InChI=1S/C26H19N3O6/c30-24(27-21-12-6-5-11-19(21)25(31)32)22-13-23(35-29-22)28-26(33)34-14-20-17-9-3-1-7-15(17)16-8-2-4-10-18(16)20/h1-13,20H,14H2,(H,27,30)(H,28,33)(H,31,32). The third kappa shape index (κ3) is 4.34. The summed E-state index contributed by atoms with van der Waals surface area (Å²) in [5, 5.41) is 17.8. The molecular weight excluding hydrogens is 450 g/mol. The molecule has 0 saturated carbocycles. The van der Waals surface area contributed by atoms with E-state index in [9.17, 15) is 19.5 Å². The second kappa shape index (κ2) is 9.14. The maximum Gasteiger partial charge on any atom is 0.414 e. The number of hydrogen-bond acceptors (Lipinski definition) is 6. The zero-order chi connectivity index (χ0) is 24.4. The van der Waals surface area contributed by atoms with Crippen LogP contribution in [-0.4, -0.2) is 34.8 Å². The minimum Gasteiger partial charge on any atom is -0.478 e. The number of rotatable bonds is 6. The number of ether oxygens (including phenoxy) is 1. The highest BCUT2D eigenvalue weighted by Crippen LogP contribution is 2.44. The van der Waals surface area contributed by atoms with Crippen LogP contribution in [0.1, 0.15) is 37.9 Å². The van der Waals surface area contributed by atoms with Crippen LogP contribution in [0.4, 0.5) is 16.4 Å². The van der Waals surface area contributed by atoms with E-state index in [1.807, 2.05) is 48.5 Å². The first-order chi connectivity index (χ1) is 17.0. The van der Waals surface area contributed by atoms with Crippen LogP contribution in [0.25, 0.3) is 11.1 Å². The lowest BCUT2D eigenvalue weighted by molar-refractivity contribution is 0.0698. The van der Waals surface area contributed by atoms with Crippen molar-refractivity contribution < 1.29 is 28.8 Å². The maximum atomic E-state index is 12.5. The van der Waals surface area contributed by atoms with E-state index in [0.29, 0.717) is 0 Å². The molecule has 0 aliphatic heterocycles. The largest absolute Gasteiger partial charge is 0.478 e. The van der Waals surface area contributed by atoms with Gasteiger partial charge in [-0.3, -0.25) is 10.1 Å². The molecule has 0 bridgehead atoms. The van der Waals surface area contributed by atoms with Crippen LogP contribution in [0.5, 0.6) is 0 Å². The maximum absolute atomic E-state index is 12.5. The van der Waals surface area contributed by atoms with E-state index in [1.165, 1.54) is 18.2 Å². The molecule has 1 heterocycles. The lowest BCUT2D eigenvalue weighted by atomic mass is 9.98. The number of nitrogens with zero attached hydrogens (tertiary/aromatic N) is 1. The molecule has 5 rings (SSSR count). The zero-order valence-corrected chi connectivity index (χ0v) is 18.2. The van der Waals surface area contributed by atoms with Crippen molar-refractivity contribution in [2.45, 2.75) is 5.92 Å². The fraction of sp³-hybridized carbons (Fsp3) is 0.0769. The number of hydrogen-bond donors (Lipinski definition) is 3. The van der Waals surface area contributed by atoms with Crippen molar-refractivity contribution in [1.29, 1.82) is 0 Å². The summed E-state index contributed by atoms with van der Waals surface area (Å²) in [5.41, 5.74) is 4.31. The molecule has 1 aliphatic carbocycles. The molecule has 3 N–H and O–H groups in total. The van der Waals surface area contributed by atoms with E-state index < -0.39 is 18.0 Å². The summed E-state index contributed by atoms with van der Waals surface area (Å²) >= 11 is 0. The molecule has 2 amide bonds. The van der Waals surface area contributed by atoms with Crippen molar-refractivity contribution in [3.05, 3.63) is 101 Å².